The lowest BCUT2D eigenvalue weighted by Gasteiger charge is -2.38. The van der Waals surface area contributed by atoms with E-state index in [1.807, 2.05) is 0 Å². The molecule has 5 aliphatic rings. The first-order chi connectivity index (χ1) is 50.2. The molecule has 4 atom stereocenters. The summed E-state index contributed by atoms with van der Waals surface area (Å²) in [5.74, 6) is 1.65. The smallest absolute Gasteiger partial charge is 0.169 e. The van der Waals surface area contributed by atoms with Gasteiger partial charge in [0.15, 0.2) is 11.6 Å². The Morgan fingerprint density at radius 2 is 0.524 bits per heavy atom. The van der Waals surface area contributed by atoms with Crippen molar-refractivity contribution in [1.82, 2.24) is 4.90 Å². The van der Waals surface area contributed by atoms with Crippen molar-refractivity contribution in [2.75, 3.05) is 14.1 Å². The molecule has 0 amide bonds. The Morgan fingerprint density at radius 1 is 0.301 bits per heavy atom. The van der Waals surface area contributed by atoms with Gasteiger partial charge in [0.1, 0.15) is 5.78 Å². The summed E-state index contributed by atoms with van der Waals surface area (Å²) < 4.78 is 27.4. The van der Waals surface area contributed by atoms with Gasteiger partial charge in [-0.25, -0.2) is 0 Å². The average Bonchev–Trinajstić information content (AvgIpc) is 1.66. The van der Waals surface area contributed by atoms with Gasteiger partial charge in [-0.15, -0.1) is 0 Å². The Hall–Kier alpha value is -2.61. The standard InChI is InChI=1S/C44H79NO2.C44H78O2.C8H14O.CH4/c1-5-7-9-11-13-15-17-19-21-23-25-27-29-31-33-35-42-43(47-44(46-42)39-37-41(38-40-44)45(3)4)36-34-32-30-28-26-24-22-20-18-16-14-12-10-8-6-2;1-4-7-9-11-13-15-17-19-21-23-25-27-29-31-33-35-42-43(46-44(45-42)39-37-41(6-3)38-40-44)36-34-32-30-28-26-24-22-20-18-16-14-12-10-8-5-2;1-2-7-3-5-8(9)6-4-7;/h13-16,19-22,41-43H,5-12,17-18,23-40H2,1-4H3;13-16,19-22,41-43H,4-12,17-18,23-40H2,1-3H3;7H,2-6H2,1H3;1H4/b2*15-13-,16-14-,21-19-,22-20-;;. The molecule has 5 fully saturated rings. The van der Waals surface area contributed by atoms with Crippen LogP contribution in [0.2, 0.25) is 0 Å². The molecule has 2 spiro atoms. The largest absolute Gasteiger partial charge is 0.344 e. The molecular weight excluding hydrogens is 1260 g/mol. The highest BCUT2D eigenvalue weighted by Crippen LogP contribution is 2.46. The van der Waals surface area contributed by atoms with E-state index in [2.05, 4.69) is 158 Å². The van der Waals surface area contributed by atoms with Gasteiger partial charge >= 0.3 is 0 Å². The van der Waals surface area contributed by atoms with Crippen LogP contribution in [0, 0.1) is 11.8 Å². The summed E-state index contributed by atoms with van der Waals surface area (Å²) in [4.78, 5) is 13.1. The molecule has 0 aromatic heterocycles. The Kier molecular flexibility index (Phi) is 64.3. The Balaban J connectivity index is 0.000000616. The number of unbranched alkanes of at least 4 members (excludes halogenated alkanes) is 32. The van der Waals surface area contributed by atoms with Crippen molar-refractivity contribution in [3.63, 3.8) is 0 Å². The van der Waals surface area contributed by atoms with E-state index < -0.39 is 0 Å². The predicted octanol–water partition coefficient (Wildman–Crippen LogP) is 31.1. The number of hydrogen-bond acceptors (Lipinski definition) is 6. The van der Waals surface area contributed by atoms with Gasteiger partial charge in [0, 0.05) is 44.6 Å². The maximum Gasteiger partial charge on any atom is 0.169 e. The molecule has 103 heavy (non-hydrogen) atoms. The van der Waals surface area contributed by atoms with E-state index in [-0.39, 0.29) is 19.0 Å². The SMILES string of the molecule is C.CCC1CCC(=O)CC1.CCCCC/C=C\C/C=C\CCCCCCCC1OC2(CCC(CC)CC2)OC1CCCCCCC/C=C\C/C=C\CCCCC.CCCCC/C=C\C/C=C\CCCCCCCC1OC2(CCC(N(C)C)CC2)OC1CCCCCCC/C=C\C/C=C\CCCCC. The Bertz CT molecular complexity index is 1990. The van der Waals surface area contributed by atoms with E-state index in [9.17, 15) is 4.79 Å². The lowest BCUT2D eigenvalue weighted by atomic mass is 9.84. The van der Waals surface area contributed by atoms with Crippen LogP contribution in [0.25, 0.3) is 0 Å². The van der Waals surface area contributed by atoms with Gasteiger partial charge < -0.3 is 23.8 Å². The monoisotopic (exact) mass is 1430 g/mol. The Morgan fingerprint density at radius 3 is 0.767 bits per heavy atom. The fraction of sp³-hybridized carbons (Fsp3) is 0.825. The fourth-order valence-electron chi connectivity index (χ4n) is 16.0. The third-order valence-electron chi connectivity index (χ3n) is 23.2. The predicted molar refractivity (Wildman–Crippen MR) is 455 cm³/mol. The fourth-order valence-corrected chi connectivity index (χ4v) is 16.0. The molecule has 6 heteroatoms. The molecular formula is C97H175NO5. The summed E-state index contributed by atoms with van der Waals surface area (Å²) in [6, 6.07) is 0.675. The third-order valence-corrected chi connectivity index (χ3v) is 23.2. The first-order valence-electron chi connectivity index (χ1n) is 45.2. The van der Waals surface area contributed by atoms with E-state index in [1.165, 1.54) is 321 Å². The maximum absolute atomic E-state index is 10.7. The maximum atomic E-state index is 10.7. The number of hydrogen-bond donors (Lipinski definition) is 0. The molecule has 2 heterocycles. The van der Waals surface area contributed by atoms with Crippen LogP contribution in [0.1, 0.15) is 447 Å². The van der Waals surface area contributed by atoms with Crippen LogP contribution in [0.4, 0.5) is 0 Å². The van der Waals surface area contributed by atoms with Crippen molar-refractivity contribution in [2.45, 2.75) is 489 Å². The highest BCUT2D eigenvalue weighted by molar-refractivity contribution is 5.79. The van der Waals surface area contributed by atoms with E-state index in [1.54, 1.807) is 0 Å². The molecule has 3 saturated carbocycles. The second-order valence-corrected chi connectivity index (χ2v) is 32.5. The molecule has 6 nitrogen and oxygen atoms in total. The highest BCUT2D eigenvalue weighted by atomic mass is 16.8. The molecule has 0 aromatic rings. The van der Waals surface area contributed by atoms with Crippen molar-refractivity contribution in [1.29, 1.82) is 0 Å². The summed E-state index contributed by atoms with van der Waals surface area (Å²) in [5, 5.41) is 0. The van der Waals surface area contributed by atoms with Crippen molar-refractivity contribution >= 4 is 5.78 Å². The summed E-state index contributed by atoms with van der Waals surface area (Å²) >= 11 is 0. The first-order valence-corrected chi connectivity index (χ1v) is 45.2. The number of nitrogens with zero attached hydrogens (tertiary/aromatic N) is 1. The first kappa shape index (κ1) is 96.5. The molecule has 3 aliphatic carbocycles. The molecule has 0 radical (unpaired) electrons. The second kappa shape index (κ2) is 68.6. The van der Waals surface area contributed by atoms with Gasteiger partial charge in [-0.1, -0.05) is 313 Å². The summed E-state index contributed by atoms with van der Waals surface area (Å²) in [7, 11) is 4.44. The zero-order valence-corrected chi connectivity index (χ0v) is 69.1. The number of ether oxygens (including phenoxy) is 4. The minimum Gasteiger partial charge on any atom is -0.344 e. The number of rotatable bonds is 59. The second-order valence-electron chi connectivity index (χ2n) is 32.5. The molecule has 5 rings (SSSR count). The van der Waals surface area contributed by atoms with Crippen LogP contribution in [-0.4, -0.2) is 66.8 Å². The zero-order valence-electron chi connectivity index (χ0n) is 69.1. The van der Waals surface area contributed by atoms with Gasteiger partial charge in [-0.3, -0.25) is 4.79 Å². The van der Waals surface area contributed by atoms with Crippen LogP contribution >= 0.6 is 0 Å². The summed E-state index contributed by atoms with van der Waals surface area (Å²) in [6.45, 7) is 13.6. The number of Topliss-reactive ketones (excluding diaryl/α,β-unsaturated/α-hetero) is 1. The Labute approximate surface area is 643 Å². The van der Waals surface area contributed by atoms with Crippen LogP contribution in [0.3, 0.4) is 0 Å². The molecule has 0 N–H and O–H groups in total. The lowest BCUT2D eigenvalue weighted by Crippen LogP contribution is -2.42. The van der Waals surface area contributed by atoms with Gasteiger partial charge in [-0.05, 0) is 219 Å². The normalized spacial score (nSPS) is 23.4. The van der Waals surface area contributed by atoms with Crippen LogP contribution in [-0.2, 0) is 23.7 Å². The van der Waals surface area contributed by atoms with E-state index in [4.69, 9.17) is 18.9 Å². The molecule has 0 aromatic carbocycles. The number of ketones is 1. The van der Waals surface area contributed by atoms with Crippen molar-refractivity contribution < 1.29 is 23.7 Å². The van der Waals surface area contributed by atoms with E-state index in [0.717, 1.165) is 88.9 Å². The van der Waals surface area contributed by atoms with Crippen molar-refractivity contribution in [3.05, 3.63) is 97.2 Å². The summed E-state index contributed by atoms with van der Waals surface area (Å²) in [6.07, 6.45) is 117. The highest BCUT2D eigenvalue weighted by Gasteiger charge is 2.50. The van der Waals surface area contributed by atoms with E-state index >= 15 is 0 Å². The van der Waals surface area contributed by atoms with Gasteiger partial charge in [0.05, 0.1) is 24.4 Å². The molecule has 4 unspecified atom stereocenters. The average molecular weight is 1440 g/mol. The number of allylic oxidation sites excluding steroid dienone is 16. The minimum absolute atomic E-state index is 0. The van der Waals surface area contributed by atoms with Gasteiger partial charge in [-0.2, -0.15) is 0 Å². The van der Waals surface area contributed by atoms with Gasteiger partial charge in [0.25, 0.3) is 0 Å². The molecule has 2 saturated heterocycles. The van der Waals surface area contributed by atoms with Crippen molar-refractivity contribution in [2.24, 2.45) is 11.8 Å². The topological polar surface area (TPSA) is 57.2 Å². The lowest BCUT2D eigenvalue weighted by molar-refractivity contribution is -0.200. The number of carbonyl (C=O) groups is 1. The van der Waals surface area contributed by atoms with Gasteiger partial charge in [0.2, 0.25) is 0 Å². The van der Waals surface area contributed by atoms with Crippen LogP contribution in [0.15, 0.2) is 97.2 Å². The molecule has 598 valence electrons. The molecule has 2 aliphatic heterocycles. The van der Waals surface area contributed by atoms with E-state index in [0.29, 0.717) is 36.2 Å². The molecule has 0 bridgehead atoms. The van der Waals surface area contributed by atoms with Crippen molar-refractivity contribution in [3.8, 4) is 0 Å². The van der Waals surface area contributed by atoms with Crippen LogP contribution < -0.4 is 0 Å². The zero-order chi connectivity index (χ0) is 73.2. The summed E-state index contributed by atoms with van der Waals surface area (Å²) in [5.41, 5.74) is 0. The third kappa shape index (κ3) is 51.4. The number of carbonyl (C=O) groups excluding carboxylic acids is 1. The minimum atomic E-state index is -0.296. The quantitative estimate of drug-likeness (QED) is 0.0447. The van der Waals surface area contributed by atoms with Crippen LogP contribution in [0.5, 0.6) is 0 Å².